The Morgan fingerprint density at radius 3 is 2.83 bits per heavy atom. The molecule has 0 aliphatic carbocycles. The standard InChI is InChI=1S/C17H16BrN3O2S/c1-11-5-3-4-6-13(11)12-7-8-15(23-2)21(10-12)17(22)20-16-19-9-14(18)24-16/h3-9H,10H2,1-2H3,(H,19,20,22). The molecule has 0 saturated carbocycles. The summed E-state index contributed by atoms with van der Waals surface area (Å²) in [5, 5.41) is 3.34. The first kappa shape index (κ1) is 16.7. The molecule has 24 heavy (non-hydrogen) atoms. The molecule has 0 saturated heterocycles. The van der Waals surface area contributed by atoms with Gasteiger partial charge in [0.05, 0.1) is 23.6 Å². The molecule has 1 aromatic carbocycles. The molecule has 0 bridgehead atoms. The fourth-order valence-electron chi connectivity index (χ4n) is 2.49. The van der Waals surface area contributed by atoms with E-state index in [1.165, 1.54) is 16.9 Å². The van der Waals surface area contributed by atoms with Gasteiger partial charge in [-0.3, -0.25) is 10.2 Å². The number of methoxy groups -OCH3 is 1. The molecule has 0 fully saturated rings. The number of nitrogens with zero attached hydrogens (tertiary/aromatic N) is 2. The number of hydrogen-bond donors (Lipinski definition) is 1. The van der Waals surface area contributed by atoms with Crippen molar-refractivity contribution < 1.29 is 9.53 Å². The fraction of sp³-hybridized carbons (Fsp3) is 0.176. The van der Waals surface area contributed by atoms with Crippen molar-refractivity contribution in [2.45, 2.75) is 6.92 Å². The lowest BCUT2D eigenvalue weighted by Gasteiger charge is -2.28. The number of nitrogens with one attached hydrogen (secondary N) is 1. The molecular weight excluding hydrogens is 390 g/mol. The van der Waals surface area contributed by atoms with Gasteiger partial charge in [0.1, 0.15) is 0 Å². The Kier molecular flexibility index (Phi) is 5.01. The van der Waals surface area contributed by atoms with E-state index in [9.17, 15) is 4.79 Å². The maximum absolute atomic E-state index is 12.6. The van der Waals surface area contributed by atoms with Gasteiger partial charge in [-0.2, -0.15) is 0 Å². The van der Waals surface area contributed by atoms with Gasteiger partial charge in [0, 0.05) is 0 Å². The van der Waals surface area contributed by atoms with Crippen LogP contribution in [0.15, 0.2) is 52.3 Å². The maximum Gasteiger partial charge on any atom is 0.330 e. The van der Waals surface area contributed by atoms with Crippen molar-refractivity contribution in [3.05, 3.63) is 63.4 Å². The van der Waals surface area contributed by atoms with Crippen molar-refractivity contribution in [3.8, 4) is 0 Å². The number of urea groups is 1. The third-order valence-corrected chi connectivity index (χ3v) is 5.05. The van der Waals surface area contributed by atoms with Gasteiger partial charge >= 0.3 is 6.03 Å². The largest absolute Gasteiger partial charge is 0.482 e. The summed E-state index contributed by atoms with van der Waals surface area (Å²) in [4.78, 5) is 18.3. The second-order valence-electron chi connectivity index (χ2n) is 5.20. The summed E-state index contributed by atoms with van der Waals surface area (Å²) in [5.41, 5.74) is 3.35. The van der Waals surface area contributed by atoms with Gasteiger partial charge < -0.3 is 4.74 Å². The minimum atomic E-state index is -0.274. The monoisotopic (exact) mass is 405 g/mol. The van der Waals surface area contributed by atoms with Crippen LogP contribution < -0.4 is 5.32 Å². The van der Waals surface area contributed by atoms with Crippen LogP contribution in [0.5, 0.6) is 0 Å². The molecule has 2 aromatic rings. The quantitative estimate of drug-likeness (QED) is 0.809. The molecule has 7 heteroatoms. The number of anilines is 1. The highest BCUT2D eigenvalue weighted by Gasteiger charge is 2.24. The van der Waals surface area contributed by atoms with Crippen molar-refractivity contribution in [1.29, 1.82) is 0 Å². The van der Waals surface area contributed by atoms with E-state index in [4.69, 9.17) is 4.74 Å². The van der Waals surface area contributed by atoms with Crippen LogP contribution in [0.4, 0.5) is 9.93 Å². The second kappa shape index (κ2) is 7.19. The summed E-state index contributed by atoms with van der Waals surface area (Å²) in [6.07, 6.45) is 5.45. The number of carbonyl (C=O) groups is 1. The first-order chi connectivity index (χ1) is 11.6. The van der Waals surface area contributed by atoms with E-state index in [2.05, 4.69) is 45.3 Å². The number of halogens is 1. The highest BCUT2D eigenvalue weighted by molar-refractivity contribution is 9.11. The van der Waals surface area contributed by atoms with Gasteiger partial charge in [0.2, 0.25) is 0 Å². The number of amides is 2. The summed E-state index contributed by atoms with van der Waals surface area (Å²) in [6.45, 7) is 2.49. The SMILES string of the molecule is COC1=CC=C(c2ccccc2C)CN1C(=O)Nc1ncc(Br)s1. The molecule has 0 radical (unpaired) electrons. The number of carbonyl (C=O) groups excluding carboxylic acids is 1. The number of allylic oxidation sites excluding steroid dienone is 2. The average molecular weight is 406 g/mol. The average Bonchev–Trinajstić information content (AvgIpc) is 2.99. The molecular formula is C17H16BrN3O2S. The molecule has 1 aromatic heterocycles. The summed E-state index contributed by atoms with van der Waals surface area (Å²) in [6, 6.07) is 7.84. The third-order valence-electron chi connectivity index (χ3n) is 3.66. The summed E-state index contributed by atoms with van der Waals surface area (Å²) in [7, 11) is 1.55. The number of thiazole rings is 1. The minimum absolute atomic E-state index is 0.274. The van der Waals surface area contributed by atoms with Gasteiger partial charge in [0.15, 0.2) is 11.0 Å². The number of aryl methyl sites for hydroxylation is 1. The molecule has 1 aliphatic heterocycles. The lowest BCUT2D eigenvalue weighted by Crippen LogP contribution is -2.37. The highest BCUT2D eigenvalue weighted by atomic mass is 79.9. The minimum Gasteiger partial charge on any atom is -0.482 e. The summed E-state index contributed by atoms with van der Waals surface area (Å²) < 4.78 is 6.20. The van der Waals surface area contributed by atoms with Crippen molar-refractivity contribution >= 4 is 44.0 Å². The predicted molar refractivity (Wildman–Crippen MR) is 99.8 cm³/mol. The Bertz CT molecular complexity index is 829. The third kappa shape index (κ3) is 3.52. The first-order valence-electron chi connectivity index (χ1n) is 7.29. The first-order valence-corrected chi connectivity index (χ1v) is 8.90. The lowest BCUT2D eigenvalue weighted by atomic mass is 9.98. The predicted octanol–water partition coefficient (Wildman–Crippen LogP) is 4.63. The molecule has 124 valence electrons. The van der Waals surface area contributed by atoms with Crippen LogP contribution in [0.2, 0.25) is 0 Å². The smallest absolute Gasteiger partial charge is 0.330 e. The van der Waals surface area contributed by atoms with Gasteiger partial charge in [-0.25, -0.2) is 9.78 Å². The van der Waals surface area contributed by atoms with Gasteiger partial charge in [0.25, 0.3) is 0 Å². The maximum atomic E-state index is 12.6. The normalized spacial score (nSPS) is 14.0. The Morgan fingerprint density at radius 1 is 1.38 bits per heavy atom. The second-order valence-corrected chi connectivity index (χ2v) is 7.61. The number of hydrogen-bond acceptors (Lipinski definition) is 4. The van der Waals surface area contributed by atoms with Crippen molar-refractivity contribution in [1.82, 2.24) is 9.88 Å². The van der Waals surface area contributed by atoms with E-state index < -0.39 is 0 Å². The van der Waals surface area contributed by atoms with Crippen LogP contribution in [0.1, 0.15) is 11.1 Å². The zero-order valence-corrected chi connectivity index (χ0v) is 15.6. The zero-order valence-electron chi connectivity index (χ0n) is 13.2. The Balaban J connectivity index is 1.83. The van der Waals surface area contributed by atoms with Crippen LogP contribution in [0.3, 0.4) is 0 Å². The van der Waals surface area contributed by atoms with E-state index in [1.807, 2.05) is 24.3 Å². The molecule has 1 aliphatic rings. The van der Waals surface area contributed by atoms with Crippen molar-refractivity contribution in [3.63, 3.8) is 0 Å². The van der Waals surface area contributed by atoms with Gasteiger partial charge in [-0.05, 0) is 45.6 Å². The molecule has 2 amide bonds. The lowest BCUT2D eigenvalue weighted by molar-refractivity contribution is 0.169. The number of rotatable bonds is 3. The molecule has 2 heterocycles. The highest BCUT2D eigenvalue weighted by Crippen LogP contribution is 2.27. The van der Waals surface area contributed by atoms with Crippen LogP contribution in [-0.4, -0.2) is 29.6 Å². The zero-order chi connectivity index (χ0) is 17.1. The van der Waals surface area contributed by atoms with Crippen molar-refractivity contribution in [2.75, 3.05) is 19.0 Å². The van der Waals surface area contributed by atoms with E-state index >= 15 is 0 Å². The van der Waals surface area contributed by atoms with Crippen LogP contribution in [0.25, 0.3) is 5.57 Å². The molecule has 5 nitrogen and oxygen atoms in total. The Hall–Kier alpha value is -2.12. The van der Waals surface area contributed by atoms with E-state index in [-0.39, 0.29) is 6.03 Å². The molecule has 0 spiro atoms. The molecule has 1 N–H and O–H groups in total. The van der Waals surface area contributed by atoms with Gasteiger partial charge in [-0.1, -0.05) is 41.7 Å². The summed E-state index contributed by atoms with van der Waals surface area (Å²) in [5.74, 6) is 0.500. The van der Waals surface area contributed by atoms with Crippen molar-refractivity contribution in [2.24, 2.45) is 0 Å². The number of benzene rings is 1. The van der Waals surface area contributed by atoms with Crippen LogP contribution in [-0.2, 0) is 4.74 Å². The van der Waals surface area contributed by atoms with E-state index in [0.29, 0.717) is 17.6 Å². The summed E-state index contributed by atoms with van der Waals surface area (Å²) >= 11 is 4.70. The molecule has 3 rings (SSSR count). The topological polar surface area (TPSA) is 54.5 Å². The van der Waals surface area contributed by atoms with Crippen LogP contribution in [0, 0.1) is 6.92 Å². The van der Waals surface area contributed by atoms with Crippen LogP contribution >= 0.6 is 27.3 Å². The fourth-order valence-corrected chi connectivity index (χ4v) is 3.59. The van der Waals surface area contributed by atoms with Gasteiger partial charge in [-0.15, -0.1) is 0 Å². The molecule has 0 atom stereocenters. The number of ether oxygens (including phenoxy) is 1. The van der Waals surface area contributed by atoms with E-state index in [0.717, 1.165) is 14.9 Å². The number of aromatic nitrogens is 1. The Labute approximate surface area is 152 Å². The van der Waals surface area contributed by atoms with E-state index in [1.54, 1.807) is 18.2 Å². The molecule has 0 unspecified atom stereocenters. The Morgan fingerprint density at radius 2 is 2.17 bits per heavy atom.